The third-order valence-electron chi connectivity index (χ3n) is 11.8. The minimum Gasteiger partial charge on any atom is -0.346 e. The van der Waals surface area contributed by atoms with Crippen LogP contribution in [0, 0.1) is 5.41 Å². The van der Waals surface area contributed by atoms with E-state index < -0.39 is 29.4 Å². The lowest BCUT2D eigenvalue weighted by Crippen LogP contribution is -2.59. The van der Waals surface area contributed by atoms with E-state index in [1.165, 1.54) is 0 Å². The van der Waals surface area contributed by atoms with Gasteiger partial charge in [0.15, 0.2) is 0 Å². The molecule has 14 nitrogen and oxygen atoms in total. The van der Waals surface area contributed by atoms with Crippen LogP contribution in [0.1, 0.15) is 90.7 Å². The molecule has 5 N–H and O–H groups in total. The number of likely N-dealkylation sites (tertiary alicyclic amines) is 2. The van der Waals surface area contributed by atoms with Gasteiger partial charge in [-0.05, 0) is 82.4 Å². The van der Waals surface area contributed by atoms with Gasteiger partial charge in [0.1, 0.15) is 6.04 Å². The average Bonchev–Trinajstić information content (AvgIpc) is 3.91. The summed E-state index contributed by atoms with van der Waals surface area (Å²) < 4.78 is 0. The van der Waals surface area contributed by atoms with Crippen molar-refractivity contribution < 1.29 is 28.8 Å². The predicted octanol–water partition coefficient (Wildman–Crippen LogP) is 2.88. The van der Waals surface area contributed by atoms with Crippen molar-refractivity contribution in [3.05, 3.63) is 71.8 Å². The summed E-state index contributed by atoms with van der Waals surface area (Å²) >= 11 is 0. The Balaban J connectivity index is 1.44. The Morgan fingerprint density at radius 1 is 0.750 bits per heavy atom. The second-order valence-electron chi connectivity index (χ2n) is 17.5. The molecule has 2 fully saturated rings. The summed E-state index contributed by atoms with van der Waals surface area (Å²) in [4.78, 5) is 87.8. The third kappa shape index (κ3) is 14.4. The first-order valence-corrected chi connectivity index (χ1v) is 21.8. The Morgan fingerprint density at radius 2 is 1.23 bits per heavy atom. The number of nitrogens with one attached hydrogen (secondary N) is 3. The molecule has 0 spiro atoms. The molecule has 4 rings (SSSR count). The van der Waals surface area contributed by atoms with Crippen LogP contribution in [0.4, 0.5) is 0 Å². The first-order chi connectivity index (χ1) is 28.6. The largest absolute Gasteiger partial charge is 0.346 e. The second kappa shape index (κ2) is 23.3. The first kappa shape index (κ1) is 47.9. The van der Waals surface area contributed by atoms with Crippen molar-refractivity contribution >= 4 is 35.4 Å². The van der Waals surface area contributed by atoms with E-state index in [4.69, 9.17) is 5.73 Å². The van der Waals surface area contributed by atoms with Crippen molar-refractivity contribution in [1.29, 1.82) is 0 Å². The van der Waals surface area contributed by atoms with E-state index in [0.29, 0.717) is 58.5 Å². The average molecular weight is 831 g/mol. The lowest BCUT2D eigenvalue weighted by atomic mass is 9.85. The Kier molecular flexibility index (Phi) is 18.5. The van der Waals surface area contributed by atoms with E-state index in [2.05, 4.69) is 16.0 Å². The Labute approximate surface area is 357 Å². The normalized spacial score (nSPS) is 18.1. The molecule has 6 amide bonds. The predicted molar refractivity (Wildman–Crippen MR) is 233 cm³/mol. The van der Waals surface area contributed by atoms with Crippen LogP contribution in [0.2, 0.25) is 0 Å². The molecule has 2 aliphatic heterocycles. The summed E-state index contributed by atoms with van der Waals surface area (Å²) in [6.45, 7) is 11.8. The summed E-state index contributed by atoms with van der Waals surface area (Å²) in [5, 5.41) is 8.55. The lowest BCUT2D eigenvalue weighted by Gasteiger charge is -2.37. The fourth-order valence-electron chi connectivity index (χ4n) is 7.98. The second-order valence-corrected chi connectivity index (χ2v) is 17.5. The van der Waals surface area contributed by atoms with Crippen molar-refractivity contribution in [2.45, 2.75) is 123 Å². The molecule has 2 aromatic rings. The molecule has 2 aromatic carbocycles. The fourth-order valence-corrected chi connectivity index (χ4v) is 7.98. The Hall–Kier alpha value is -4.82. The lowest BCUT2D eigenvalue weighted by molar-refractivity contribution is -0.142. The molecule has 60 heavy (non-hydrogen) atoms. The molecule has 0 bridgehead atoms. The molecule has 14 heteroatoms. The fraction of sp³-hybridized carbons (Fsp3) is 0.609. The maximum Gasteiger partial charge on any atom is 0.246 e. The topological polar surface area (TPSA) is 177 Å². The molecular formula is C46H70N8O6. The maximum atomic E-state index is 14.2. The molecule has 5 atom stereocenters. The number of amides is 6. The summed E-state index contributed by atoms with van der Waals surface area (Å²) in [6.07, 6.45) is 5.08. The van der Waals surface area contributed by atoms with E-state index in [9.17, 15) is 28.8 Å². The zero-order valence-corrected chi connectivity index (χ0v) is 36.8. The molecular weight excluding hydrogens is 761 g/mol. The van der Waals surface area contributed by atoms with Crippen LogP contribution in [0.15, 0.2) is 60.7 Å². The molecule has 2 aliphatic rings. The molecule has 0 aliphatic carbocycles. The molecule has 0 aromatic heterocycles. The van der Waals surface area contributed by atoms with Gasteiger partial charge in [0.2, 0.25) is 35.4 Å². The zero-order chi connectivity index (χ0) is 43.8. The van der Waals surface area contributed by atoms with Crippen molar-refractivity contribution in [3.63, 3.8) is 0 Å². The number of carbonyl (C=O) groups excluding carboxylic acids is 6. The highest BCUT2D eigenvalue weighted by Gasteiger charge is 2.41. The number of nitrogens with zero attached hydrogens (tertiary/aromatic N) is 4. The van der Waals surface area contributed by atoms with Gasteiger partial charge in [-0.15, -0.1) is 0 Å². The van der Waals surface area contributed by atoms with Crippen molar-refractivity contribution in [3.8, 4) is 0 Å². The number of nitrogens with two attached hydrogens (primary N) is 1. The first-order valence-electron chi connectivity index (χ1n) is 21.8. The van der Waals surface area contributed by atoms with Gasteiger partial charge in [-0.1, -0.05) is 81.4 Å². The molecule has 2 heterocycles. The van der Waals surface area contributed by atoms with E-state index in [1.54, 1.807) is 25.8 Å². The van der Waals surface area contributed by atoms with Crippen LogP contribution in [-0.2, 0) is 41.6 Å². The van der Waals surface area contributed by atoms with Crippen LogP contribution < -0.4 is 21.7 Å². The Morgan fingerprint density at radius 3 is 1.70 bits per heavy atom. The molecule has 0 unspecified atom stereocenters. The minimum absolute atomic E-state index is 0.0706. The smallest absolute Gasteiger partial charge is 0.246 e. The number of benzene rings is 2. The summed E-state index contributed by atoms with van der Waals surface area (Å²) in [5.41, 5.74) is 7.33. The molecule has 2 saturated heterocycles. The van der Waals surface area contributed by atoms with Gasteiger partial charge >= 0.3 is 0 Å². The highest BCUT2D eigenvalue weighted by Crippen LogP contribution is 2.27. The van der Waals surface area contributed by atoms with Crippen LogP contribution in [0.3, 0.4) is 0 Å². The maximum absolute atomic E-state index is 14.2. The molecule has 0 saturated carbocycles. The van der Waals surface area contributed by atoms with Gasteiger partial charge in [-0.2, -0.15) is 0 Å². The number of hydrogen-bond donors (Lipinski definition) is 4. The minimum atomic E-state index is -0.735. The van der Waals surface area contributed by atoms with Gasteiger partial charge in [0.05, 0.1) is 18.6 Å². The van der Waals surface area contributed by atoms with E-state index in [1.807, 2.05) is 96.1 Å². The van der Waals surface area contributed by atoms with Crippen LogP contribution in [0.25, 0.3) is 0 Å². The van der Waals surface area contributed by atoms with Crippen LogP contribution >= 0.6 is 0 Å². The van der Waals surface area contributed by atoms with Gasteiger partial charge in [-0.25, -0.2) is 0 Å². The van der Waals surface area contributed by atoms with Crippen LogP contribution in [0.5, 0.6) is 0 Å². The van der Waals surface area contributed by atoms with Crippen molar-refractivity contribution in [2.24, 2.45) is 11.1 Å². The molecule has 330 valence electrons. The number of rotatable bonds is 21. The number of likely N-dealkylation sites (N-methyl/N-ethyl adjacent to an activating group) is 1. The summed E-state index contributed by atoms with van der Waals surface area (Å²) in [7, 11) is 1.71. The summed E-state index contributed by atoms with van der Waals surface area (Å²) in [6, 6.07) is 17.6. The Bertz CT molecular complexity index is 1720. The van der Waals surface area contributed by atoms with E-state index in [-0.39, 0.29) is 61.0 Å². The quantitative estimate of drug-likeness (QED) is 0.149. The SMILES string of the molecule is CN[C@@H](C)C(=O)N[C@H](C(=O)N1CCC[C@H]1CN(CCc1ccccc1)C(=O)CCCC(=O)N(CCc1ccccc1)C[C@@H]1CCCN1C(=O)CNC(=O)[C@H](C)N)C(C)(C)C. The monoisotopic (exact) mass is 831 g/mol. The van der Waals surface area contributed by atoms with E-state index in [0.717, 1.165) is 36.8 Å². The highest BCUT2D eigenvalue weighted by molar-refractivity contribution is 5.90. The van der Waals surface area contributed by atoms with Crippen LogP contribution in [-0.4, -0.2) is 138 Å². The third-order valence-corrected chi connectivity index (χ3v) is 11.8. The van der Waals surface area contributed by atoms with Gasteiger partial charge in [0.25, 0.3) is 0 Å². The van der Waals surface area contributed by atoms with Crippen molar-refractivity contribution in [2.75, 3.05) is 52.9 Å². The molecule has 0 radical (unpaired) electrons. The van der Waals surface area contributed by atoms with Gasteiger partial charge < -0.3 is 41.3 Å². The number of carbonyl (C=O) groups is 6. The summed E-state index contributed by atoms with van der Waals surface area (Å²) in [5.74, 6) is -1.13. The zero-order valence-electron chi connectivity index (χ0n) is 36.8. The standard InChI is InChI=1S/C46H70N8O6/c1-33(47)43(58)49-30-41(57)53-26-14-20-37(53)31-51(28-24-35-16-9-7-10-17-35)39(55)22-13-23-40(56)52(29-25-36-18-11-8-12-19-36)32-38-21-15-27-54(38)45(60)42(46(3,4)5)50-44(59)34(2)48-6/h7-12,16-19,33-34,37-38,42,48H,13-15,20-32,47H2,1-6H3,(H,49,58)(H,50,59)/t33-,34-,37-,38-,42+/m0/s1. The van der Waals surface area contributed by atoms with Gasteiger partial charge in [-0.3, -0.25) is 28.8 Å². The van der Waals surface area contributed by atoms with Crippen molar-refractivity contribution in [1.82, 2.24) is 35.6 Å². The highest BCUT2D eigenvalue weighted by atomic mass is 16.2. The van der Waals surface area contributed by atoms with E-state index >= 15 is 0 Å². The van der Waals surface area contributed by atoms with Gasteiger partial charge in [0, 0.05) is 64.2 Å². The number of hydrogen-bond acceptors (Lipinski definition) is 8.